The summed E-state index contributed by atoms with van der Waals surface area (Å²) >= 11 is 0. The Kier molecular flexibility index (Phi) is 6.63. The lowest BCUT2D eigenvalue weighted by Gasteiger charge is -1.99. The van der Waals surface area contributed by atoms with Crippen molar-refractivity contribution < 1.29 is 4.42 Å². The van der Waals surface area contributed by atoms with Crippen LogP contribution in [-0.4, -0.2) is 4.57 Å². The summed E-state index contributed by atoms with van der Waals surface area (Å²) in [6, 6.07) is 6.82. The van der Waals surface area contributed by atoms with Crippen LogP contribution in [-0.2, 0) is 7.05 Å². The molecule has 0 aliphatic rings. The molecule has 0 unspecified atom stereocenters. The largest absolute Gasteiger partial charge is 0.422 e. The lowest BCUT2D eigenvalue weighted by Crippen LogP contribution is -2.22. The van der Waals surface area contributed by atoms with Gasteiger partial charge < -0.3 is 4.42 Å². The molecule has 2 rings (SSSR count). The smallest absolute Gasteiger partial charge is 0.372 e. The second-order valence-electron chi connectivity index (χ2n) is 2.73. The van der Waals surface area contributed by atoms with Gasteiger partial charge in [0.1, 0.15) is 0 Å². The van der Waals surface area contributed by atoms with Gasteiger partial charge in [-0.1, -0.05) is 39.8 Å². The first-order chi connectivity index (χ1) is 8.20. The van der Waals surface area contributed by atoms with E-state index in [1.807, 2.05) is 27.7 Å². The van der Waals surface area contributed by atoms with Crippen molar-refractivity contribution in [1.82, 2.24) is 4.57 Å². The molecule has 1 aromatic carbocycles. The lowest BCUT2D eigenvalue weighted by molar-refractivity contribution is 0.433. The molecular weight excluding hydrogens is 218 g/mol. The zero-order valence-electron chi connectivity index (χ0n) is 11.0. The summed E-state index contributed by atoms with van der Waals surface area (Å²) in [5, 5.41) is 0.421. The third-order valence-corrected chi connectivity index (χ3v) is 1.94. The zero-order chi connectivity index (χ0) is 13.4. The molecule has 1 heterocycles. The van der Waals surface area contributed by atoms with Gasteiger partial charge >= 0.3 is 11.4 Å². The van der Waals surface area contributed by atoms with Crippen molar-refractivity contribution in [3.05, 3.63) is 45.2 Å². The molecular formula is C13H19NO3. The first-order valence-corrected chi connectivity index (χ1v) is 5.79. The van der Waals surface area contributed by atoms with Gasteiger partial charge in [-0.25, -0.2) is 9.59 Å². The van der Waals surface area contributed by atoms with E-state index in [9.17, 15) is 9.59 Å². The van der Waals surface area contributed by atoms with E-state index in [1.165, 1.54) is 4.57 Å². The predicted octanol–water partition coefficient (Wildman–Crippen LogP) is 2.54. The minimum atomic E-state index is -0.635. The summed E-state index contributed by atoms with van der Waals surface area (Å²) < 4.78 is 5.78. The van der Waals surface area contributed by atoms with Crippen LogP contribution in [0.25, 0.3) is 10.9 Å². The van der Waals surface area contributed by atoms with Crippen molar-refractivity contribution >= 4 is 10.9 Å². The van der Waals surface area contributed by atoms with Gasteiger partial charge in [-0.2, -0.15) is 0 Å². The van der Waals surface area contributed by atoms with Crippen molar-refractivity contribution in [2.24, 2.45) is 7.05 Å². The molecule has 17 heavy (non-hydrogen) atoms. The van der Waals surface area contributed by atoms with Crippen LogP contribution in [0.15, 0.2) is 38.3 Å². The highest BCUT2D eigenvalue weighted by Crippen LogP contribution is 2.04. The average Bonchev–Trinajstić information content (AvgIpc) is 2.41. The molecule has 0 N–H and O–H groups in total. The molecule has 0 fully saturated rings. The SMILES string of the molecule is CC.CC.Cn1c(=O)oc(=O)c2ccccc21. The van der Waals surface area contributed by atoms with Crippen molar-refractivity contribution in [2.75, 3.05) is 0 Å². The van der Waals surface area contributed by atoms with E-state index >= 15 is 0 Å². The van der Waals surface area contributed by atoms with Crippen molar-refractivity contribution in [3.8, 4) is 0 Å². The quantitative estimate of drug-likeness (QED) is 0.707. The molecule has 94 valence electrons. The summed E-state index contributed by atoms with van der Waals surface area (Å²) in [7, 11) is 1.56. The molecule has 0 aliphatic carbocycles. The van der Waals surface area contributed by atoms with Gasteiger partial charge in [0.15, 0.2) is 0 Å². The molecule has 4 nitrogen and oxygen atoms in total. The normalized spacial score (nSPS) is 8.76. The maximum absolute atomic E-state index is 11.2. The van der Waals surface area contributed by atoms with E-state index < -0.39 is 11.4 Å². The number of hydrogen-bond donors (Lipinski definition) is 0. The minimum Gasteiger partial charge on any atom is -0.372 e. The highest BCUT2D eigenvalue weighted by atomic mass is 16.4. The van der Waals surface area contributed by atoms with E-state index in [2.05, 4.69) is 4.42 Å². The molecule has 2 aromatic rings. The van der Waals surface area contributed by atoms with Crippen molar-refractivity contribution in [2.45, 2.75) is 27.7 Å². The molecule has 1 aromatic heterocycles. The van der Waals surface area contributed by atoms with Crippen LogP contribution >= 0.6 is 0 Å². The molecule has 0 spiro atoms. The molecule has 0 saturated heterocycles. The summed E-state index contributed by atoms with van der Waals surface area (Å²) in [5.41, 5.74) is 0.00227. The number of aromatic nitrogens is 1. The summed E-state index contributed by atoms with van der Waals surface area (Å²) in [6.07, 6.45) is 0. The van der Waals surface area contributed by atoms with Gasteiger partial charge in [0.25, 0.3) is 0 Å². The van der Waals surface area contributed by atoms with E-state index in [0.717, 1.165) is 0 Å². The van der Waals surface area contributed by atoms with E-state index in [1.54, 1.807) is 31.3 Å². The van der Waals surface area contributed by atoms with Crippen LogP contribution in [0.3, 0.4) is 0 Å². The van der Waals surface area contributed by atoms with Gasteiger partial charge in [0.2, 0.25) is 0 Å². The predicted molar refractivity (Wildman–Crippen MR) is 70.4 cm³/mol. The number of aryl methyl sites for hydroxylation is 1. The van der Waals surface area contributed by atoms with Crippen LogP contribution < -0.4 is 11.4 Å². The maximum Gasteiger partial charge on any atom is 0.422 e. The van der Waals surface area contributed by atoms with Crippen molar-refractivity contribution in [3.63, 3.8) is 0 Å². The first-order valence-electron chi connectivity index (χ1n) is 5.79. The fourth-order valence-electron chi connectivity index (χ4n) is 1.24. The standard InChI is InChI=1S/C9H7NO3.2C2H6/c1-10-7-5-3-2-4-6(7)8(11)13-9(10)12;2*1-2/h2-5H,1H3;2*1-2H3. The first kappa shape index (κ1) is 15.2. The number of rotatable bonds is 0. The zero-order valence-corrected chi connectivity index (χ0v) is 11.0. The Morgan fingerprint density at radius 3 is 2.12 bits per heavy atom. The maximum atomic E-state index is 11.2. The average molecular weight is 237 g/mol. The van der Waals surface area contributed by atoms with Crippen LogP contribution in [0.2, 0.25) is 0 Å². The fraction of sp³-hybridized carbons (Fsp3) is 0.385. The number of nitrogens with zero attached hydrogens (tertiary/aromatic N) is 1. The van der Waals surface area contributed by atoms with E-state index in [0.29, 0.717) is 10.9 Å². The van der Waals surface area contributed by atoms with Crippen molar-refractivity contribution in [1.29, 1.82) is 0 Å². The Bertz CT molecular complexity index is 567. The lowest BCUT2D eigenvalue weighted by atomic mass is 10.2. The van der Waals surface area contributed by atoms with Crippen LogP contribution in [0.1, 0.15) is 27.7 Å². The Morgan fingerprint density at radius 1 is 1.00 bits per heavy atom. The second kappa shape index (κ2) is 7.44. The molecule has 0 aliphatic heterocycles. The molecule has 0 atom stereocenters. The summed E-state index contributed by atoms with van der Waals surface area (Å²) in [6.45, 7) is 8.00. The molecule has 0 radical (unpaired) electrons. The van der Waals surface area contributed by atoms with Gasteiger partial charge in [-0.05, 0) is 12.1 Å². The number of hydrogen-bond acceptors (Lipinski definition) is 3. The number of fused-ring (bicyclic) bond motifs is 1. The minimum absolute atomic E-state index is 0.421. The van der Waals surface area contributed by atoms with Gasteiger partial charge in [0, 0.05) is 7.05 Å². The number of benzene rings is 1. The molecule has 4 heteroatoms. The molecule has 0 saturated carbocycles. The van der Waals surface area contributed by atoms with Crippen LogP contribution in [0.5, 0.6) is 0 Å². The fourth-order valence-corrected chi connectivity index (χ4v) is 1.24. The molecule has 0 amide bonds. The third kappa shape index (κ3) is 3.31. The topological polar surface area (TPSA) is 52.2 Å². The monoisotopic (exact) mass is 237 g/mol. The Balaban J connectivity index is 0.000000581. The second-order valence-corrected chi connectivity index (χ2v) is 2.73. The Morgan fingerprint density at radius 2 is 1.53 bits per heavy atom. The molecule has 0 bridgehead atoms. The van der Waals surface area contributed by atoms with E-state index in [4.69, 9.17) is 0 Å². The highest BCUT2D eigenvalue weighted by Gasteiger charge is 2.03. The van der Waals surface area contributed by atoms with Gasteiger partial charge in [-0.3, -0.25) is 4.57 Å². The van der Waals surface area contributed by atoms with Crippen LogP contribution in [0, 0.1) is 0 Å². The summed E-state index contributed by atoms with van der Waals surface area (Å²) in [5.74, 6) is -0.635. The Labute approximate surface area is 101 Å². The third-order valence-electron chi connectivity index (χ3n) is 1.94. The van der Waals surface area contributed by atoms with Gasteiger partial charge in [-0.15, -0.1) is 0 Å². The van der Waals surface area contributed by atoms with Gasteiger partial charge in [0.05, 0.1) is 10.9 Å². The number of para-hydroxylation sites is 1. The Hall–Kier alpha value is -1.84. The van der Waals surface area contributed by atoms with E-state index in [-0.39, 0.29) is 0 Å². The summed E-state index contributed by atoms with van der Waals surface area (Å²) in [4.78, 5) is 22.2. The highest BCUT2D eigenvalue weighted by molar-refractivity contribution is 5.76. The van der Waals surface area contributed by atoms with Crippen LogP contribution in [0.4, 0.5) is 0 Å².